The second-order valence-corrected chi connectivity index (χ2v) is 10.4. The van der Waals surface area contributed by atoms with Crippen LogP contribution in [0.2, 0.25) is 0 Å². The fourth-order valence-corrected chi connectivity index (χ4v) is 3.93. The number of primary amides is 1. The Labute approximate surface area is 224 Å². The molecule has 38 heavy (non-hydrogen) atoms. The molecule has 11 heteroatoms. The lowest BCUT2D eigenvalue weighted by Crippen LogP contribution is -2.56. The molecule has 2 unspecified atom stereocenters. The van der Waals surface area contributed by atoms with Crippen LogP contribution in [0.3, 0.4) is 0 Å². The highest BCUT2D eigenvalue weighted by molar-refractivity contribution is 5.94. The summed E-state index contributed by atoms with van der Waals surface area (Å²) in [5.74, 6) is -2.49. The second-order valence-electron chi connectivity index (χ2n) is 10.4. The number of hydrogen-bond donors (Lipinski definition) is 3. The summed E-state index contributed by atoms with van der Waals surface area (Å²) in [7, 11) is 0. The van der Waals surface area contributed by atoms with E-state index < -0.39 is 59.9 Å². The molecule has 1 aromatic rings. The zero-order valence-electron chi connectivity index (χ0n) is 23.7. The molecule has 0 fully saturated rings. The summed E-state index contributed by atoms with van der Waals surface area (Å²) in [6, 6.07) is 2.48. The Kier molecular flexibility index (Phi) is 12.2. The number of alkyl carbamates (subject to hydrolysis) is 1. The van der Waals surface area contributed by atoms with Gasteiger partial charge in [-0.3, -0.25) is 19.2 Å². The van der Waals surface area contributed by atoms with E-state index in [1.54, 1.807) is 53.7 Å². The largest absolute Gasteiger partial charge is 0.466 e. The van der Waals surface area contributed by atoms with E-state index in [-0.39, 0.29) is 19.6 Å². The van der Waals surface area contributed by atoms with Crippen molar-refractivity contribution < 1.29 is 33.4 Å². The standard InChI is InChI=1S/C27H42N4O7/c1-9-37-22(33)10-11-29-24(34)23(19-13-17(4)12-18(5)14-19)31(16(2)3)25(35)20(15-21(28)32)30-26(36)38-27(6,7)8/h12-14,16,20,23H,9-11,15H2,1-8H3,(H2,28,32)(H,29,34)(H,30,36). The van der Waals surface area contributed by atoms with E-state index in [0.717, 1.165) is 11.1 Å². The van der Waals surface area contributed by atoms with Crippen molar-refractivity contribution in [1.82, 2.24) is 15.5 Å². The Morgan fingerprint density at radius 1 is 1.03 bits per heavy atom. The number of hydrogen-bond acceptors (Lipinski definition) is 7. The number of amides is 4. The molecular weight excluding hydrogens is 492 g/mol. The van der Waals surface area contributed by atoms with Crippen LogP contribution in [0.15, 0.2) is 18.2 Å². The van der Waals surface area contributed by atoms with Crippen molar-refractivity contribution in [2.75, 3.05) is 13.2 Å². The highest BCUT2D eigenvalue weighted by Crippen LogP contribution is 2.27. The Balaban J connectivity index is 3.46. The smallest absolute Gasteiger partial charge is 0.408 e. The van der Waals surface area contributed by atoms with Crippen molar-refractivity contribution in [2.24, 2.45) is 5.73 Å². The van der Waals surface area contributed by atoms with Crippen molar-refractivity contribution in [3.05, 3.63) is 34.9 Å². The third-order valence-electron chi connectivity index (χ3n) is 5.23. The molecule has 0 aliphatic carbocycles. The highest BCUT2D eigenvalue weighted by atomic mass is 16.6. The first-order valence-electron chi connectivity index (χ1n) is 12.7. The molecule has 0 spiro atoms. The summed E-state index contributed by atoms with van der Waals surface area (Å²) in [5, 5.41) is 5.15. The van der Waals surface area contributed by atoms with Gasteiger partial charge in [-0.25, -0.2) is 4.79 Å². The zero-order chi connectivity index (χ0) is 29.2. The maximum Gasteiger partial charge on any atom is 0.408 e. The summed E-state index contributed by atoms with van der Waals surface area (Å²) in [6.45, 7) is 14.1. The van der Waals surface area contributed by atoms with Gasteiger partial charge in [0.15, 0.2) is 0 Å². The van der Waals surface area contributed by atoms with Gasteiger partial charge in [0.05, 0.1) is 19.4 Å². The van der Waals surface area contributed by atoms with Gasteiger partial charge in [0.25, 0.3) is 0 Å². The molecule has 0 radical (unpaired) electrons. The third-order valence-corrected chi connectivity index (χ3v) is 5.23. The molecule has 2 atom stereocenters. The first kappa shape index (κ1) is 32.4. The van der Waals surface area contributed by atoms with Crippen molar-refractivity contribution >= 4 is 29.8 Å². The number of nitrogens with two attached hydrogens (primary N) is 1. The maximum atomic E-state index is 13.9. The van der Waals surface area contributed by atoms with Crippen LogP contribution in [0.4, 0.5) is 4.79 Å². The molecule has 4 N–H and O–H groups in total. The van der Waals surface area contributed by atoms with Gasteiger partial charge in [-0.1, -0.05) is 29.3 Å². The van der Waals surface area contributed by atoms with Crippen molar-refractivity contribution in [1.29, 1.82) is 0 Å². The molecule has 0 saturated carbocycles. The fourth-order valence-electron chi connectivity index (χ4n) is 3.93. The van der Waals surface area contributed by atoms with Crippen LogP contribution >= 0.6 is 0 Å². The predicted molar refractivity (Wildman–Crippen MR) is 142 cm³/mol. The predicted octanol–water partition coefficient (Wildman–Crippen LogP) is 2.42. The summed E-state index contributed by atoms with van der Waals surface area (Å²) in [6.07, 6.45) is -1.44. The van der Waals surface area contributed by atoms with E-state index >= 15 is 0 Å². The van der Waals surface area contributed by atoms with E-state index in [4.69, 9.17) is 15.2 Å². The Morgan fingerprint density at radius 2 is 1.61 bits per heavy atom. The van der Waals surface area contributed by atoms with E-state index in [1.165, 1.54) is 4.90 Å². The number of nitrogens with one attached hydrogen (secondary N) is 2. The molecule has 0 aliphatic rings. The van der Waals surface area contributed by atoms with Gasteiger partial charge in [-0.05, 0) is 61.0 Å². The van der Waals surface area contributed by atoms with Gasteiger partial charge >= 0.3 is 12.1 Å². The highest BCUT2D eigenvalue weighted by Gasteiger charge is 2.38. The summed E-state index contributed by atoms with van der Waals surface area (Å²) in [4.78, 5) is 64.8. The molecule has 4 amide bonds. The molecular formula is C27H42N4O7. The molecule has 0 bridgehead atoms. The molecule has 212 valence electrons. The number of benzene rings is 1. The number of esters is 1. The van der Waals surface area contributed by atoms with E-state index in [0.29, 0.717) is 5.56 Å². The maximum absolute atomic E-state index is 13.9. The first-order valence-corrected chi connectivity index (χ1v) is 12.7. The average Bonchev–Trinajstić information content (AvgIpc) is 2.73. The van der Waals surface area contributed by atoms with Gasteiger partial charge < -0.3 is 30.7 Å². The van der Waals surface area contributed by atoms with Crippen LogP contribution in [-0.2, 0) is 28.7 Å². The molecule has 1 aromatic carbocycles. The Morgan fingerprint density at radius 3 is 2.08 bits per heavy atom. The molecule has 0 heterocycles. The van der Waals surface area contributed by atoms with Gasteiger partial charge in [0.1, 0.15) is 17.7 Å². The minimum Gasteiger partial charge on any atom is -0.466 e. The minimum atomic E-state index is -1.37. The Hall–Kier alpha value is -3.63. The number of rotatable bonds is 12. The number of aryl methyl sites for hydroxylation is 2. The topological polar surface area (TPSA) is 157 Å². The SMILES string of the molecule is CCOC(=O)CCNC(=O)C(c1cc(C)cc(C)c1)N(C(=O)C(CC(N)=O)NC(=O)OC(C)(C)C)C(C)C. The van der Waals surface area contributed by atoms with Crippen molar-refractivity contribution in [3.63, 3.8) is 0 Å². The van der Waals surface area contributed by atoms with Gasteiger partial charge in [0.2, 0.25) is 17.7 Å². The van der Waals surface area contributed by atoms with Crippen LogP contribution < -0.4 is 16.4 Å². The fraction of sp³-hybridized carbons (Fsp3) is 0.593. The summed E-state index contributed by atoms with van der Waals surface area (Å²) >= 11 is 0. The van der Waals surface area contributed by atoms with Gasteiger partial charge in [0, 0.05) is 12.6 Å². The number of carbonyl (C=O) groups is 5. The number of nitrogens with zero attached hydrogens (tertiary/aromatic N) is 1. The van der Waals surface area contributed by atoms with Gasteiger partial charge in [-0.2, -0.15) is 0 Å². The zero-order valence-corrected chi connectivity index (χ0v) is 23.7. The minimum absolute atomic E-state index is 0.0000364. The molecule has 11 nitrogen and oxygen atoms in total. The molecule has 0 saturated heterocycles. The average molecular weight is 535 g/mol. The monoisotopic (exact) mass is 534 g/mol. The summed E-state index contributed by atoms with van der Waals surface area (Å²) < 4.78 is 10.2. The normalized spacial score (nSPS) is 12.8. The van der Waals surface area contributed by atoms with E-state index in [9.17, 15) is 24.0 Å². The lowest BCUT2D eigenvalue weighted by Gasteiger charge is -2.37. The first-order chi connectivity index (χ1) is 17.5. The Bertz CT molecular complexity index is 997. The van der Waals surface area contributed by atoms with Crippen molar-refractivity contribution in [3.8, 4) is 0 Å². The van der Waals surface area contributed by atoms with Gasteiger partial charge in [-0.15, -0.1) is 0 Å². The lowest BCUT2D eigenvalue weighted by atomic mass is 9.97. The molecule has 0 aromatic heterocycles. The molecule has 0 aliphatic heterocycles. The molecule has 1 rings (SSSR count). The van der Waals surface area contributed by atoms with Crippen LogP contribution in [-0.4, -0.2) is 65.5 Å². The number of ether oxygens (including phenoxy) is 2. The van der Waals surface area contributed by atoms with Crippen LogP contribution in [0.25, 0.3) is 0 Å². The second kappa shape index (κ2) is 14.3. The van der Waals surface area contributed by atoms with E-state index in [1.807, 2.05) is 19.9 Å². The summed E-state index contributed by atoms with van der Waals surface area (Å²) in [5.41, 5.74) is 6.83. The lowest BCUT2D eigenvalue weighted by molar-refractivity contribution is -0.146. The van der Waals surface area contributed by atoms with Crippen LogP contribution in [0.5, 0.6) is 0 Å². The number of carbonyl (C=O) groups excluding carboxylic acids is 5. The third kappa shape index (κ3) is 10.8. The van der Waals surface area contributed by atoms with E-state index in [2.05, 4.69) is 10.6 Å². The van der Waals surface area contributed by atoms with Crippen LogP contribution in [0, 0.1) is 13.8 Å². The quantitative estimate of drug-likeness (QED) is 0.348. The van der Waals surface area contributed by atoms with Crippen LogP contribution in [0.1, 0.15) is 77.1 Å². The van der Waals surface area contributed by atoms with Crippen molar-refractivity contribution in [2.45, 2.75) is 92.0 Å².